The first-order valence-corrected chi connectivity index (χ1v) is 12.2. The molecule has 29 heavy (non-hydrogen) atoms. The maximum absolute atomic E-state index is 13.3. The maximum atomic E-state index is 13.3. The van der Waals surface area contributed by atoms with Crippen LogP contribution in [0.25, 0.3) is 0 Å². The van der Waals surface area contributed by atoms with Gasteiger partial charge in [-0.3, -0.25) is 9.10 Å². The van der Waals surface area contributed by atoms with Crippen LogP contribution >= 0.6 is 11.8 Å². The third-order valence-electron chi connectivity index (χ3n) is 4.39. The number of ether oxygens (including phenoxy) is 1. The molecule has 0 heterocycles. The van der Waals surface area contributed by atoms with Crippen molar-refractivity contribution in [3.63, 3.8) is 0 Å². The van der Waals surface area contributed by atoms with Gasteiger partial charge in [0.15, 0.2) is 0 Å². The van der Waals surface area contributed by atoms with Gasteiger partial charge in [0, 0.05) is 10.9 Å². The van der Waals surface area contributed by atoms with E-state index in [1.165, 1.54) is 11.8 Å². The van der Waals surface area contributed by atoms with Crippen LogP contribution in [0.3, 0.4) is 0 Å². The average Bonchev–Trinajstić information content (AvgIpc) is 2.72. The average molecular weight is 437 g/mol. The molecule has 0 fully saturated rings. The highest BCUT2D eigenvalue weighted by molar-refractivity contribution is 7.98. The largest absolute Gasteiger partial charge is 0.494 e. The fourth-order valence-electron chi connectivity index (χ4n) is 2.62. The highest BCUT2D eigenvalue weighted by Gasteiger charge is 2.27. The lowest BCUT2D eigenvalue weighted by molar-refractivity contribution is -0.120. The van der Waals surface area contributed by atoms with Crippen molar-refractivity contribution in [3.8, 4) is 5.75 Å². The van der Waals surface area contributed by atoms with Crippen LogP contribution in [0.1, 0.15) is 27.2 Å². The molecule has 0 radical (unpaired) electrons. The van der Waals surface area contributed by atoms with Crippen molar-refractivity contribution in [3.05, 3.63) is 48.5 Å². The summed E-state index contributed by atoms with van der Waals surface area (Å²) in [5.41, 5.74) is 0.404. The second-order valence-electron chi connectivity index (χ2n) is 6.49. The minimum Gasteiger partial charge on any atom is -0.494 e. The summed E-state index contributed by atoms with van der Waals surface area (Å²) in [6.07, 6.45) is 2.69. The first-order chi connectivity index (χ1) is 13.8. The van der Waals surface area contributed by atoms with Crippen molar-refractivity contribution in [1.29, 1.82) is 0 Å². The number of rotatable bonds is 10. The van der Waals surface area contributed by atoms with E-state index in [-0.39, 0.29) is 23.4 Å². The van der Waals surface area contributed by atoms with Gasteiger partial charge in [-0.15, -0.1) is 11.8 Å². The first-order valence-electron chi connectivity index (χ1n) is 9.50. The lowest BCUT2D eigenvalue weighted by atomic mass is 10.2. The molecule has 1 amide bonds. The summed E-state index contributed by atoms with van der Waals surface area (Å²) in [5, 5.41) is 2.83. The van der Waals surface area contributed by atoms with Gasteiger partial charge >= 0.3 is 0 Å². The minimum atomic E-state index is -3.92. The molecule has 0 aliphatic heterocycles. The van der Waals surface area contributed by atoms with Crippen LogP contribution in [-0.2, 0) is 14.8 Å². The Balaban J connectivity index is 2.40. The standard InChI is InChI=1S/C21H28N2O4S2/c1-5-16(3)22-21(24)15-23(17-7-9-18(10-8-17)27-6-2)29(25,26)20-13-11-19(28-4)12-14-20/h7-14,16H,5-6,15H2,1-4H3,(H,22,24)/t16-/m0/s1. The van der Waals surface area contributed by atoms with Crippen molar-refractivity contribution >= 4 is 33.4 Å². The van der Waals surface area contributed by atoms with Gasteiger partial charge in [-0.05, 0) is 75.1 Å². The molecule has 2 aromatic rings. The van der Waals surface area contributed by atoms with Crippen LogP contribution in [-0.4, -0.2) is 39.8 Å². The van der Waals surface area contributed by atoms with E-state index < -0.39 is 10.0 Å². The number of amides is 1. The van der Waals surface area contributed by atoms with Crippen LogP contribution < -0.4 is 14.4 Å². The Morgan fingerprint density at radius 2 is 1.72 bits per heavy atom. The number of nitrogens with one attached hydrogen (secondary N) is 1. The molecule has 0 saturated carbocycles. The summed E-state index contributed by atoms with van der Waals surface area (Å²) in [5.74, 6) is 0.291. The molecule has 1 N–H and O–H groups in total. The molecule has 0 aromatic heterocycles. The zero-order valence-electron chi connectivity index (χ0n) is 17.2. The fraction of sp³-hybridized carbons (Fsp3) is 0.381. The molecule has 0 spiro atoms. The number of hydrogen-bond acceptors (Lipinski definition) is 5. The lowest BCUT2D eigenvalue weighted by Crippen LogP contribution is -2.43. The highest BCUT2D eigenvalue weighted by Crippen LogP contribution is 2.27. The molecule has 6 nitrogen and oxygen atoms in total. The minimum absolute atomic E-state index is 0.0340. The molecule has 1 atom stereocenters. The summed E-state index contributed by atoms with van der Waals surface area (Å²) >= 11 is 1.53. The molecule has 0 unspecified atom stereocenters. The van der Waals surface area contributed by atoms with Crippen LogP contribution in [0.4, 0.5) is 5.69 Å². The number of nitrogens with zero attached hydrogens (tertiary/aromatic N) is 1. The zero-order chi connectivity index (χ0) is 21.4. The number of thioether (sulfide) groups is 1. The van der Waals surface area contributed by atoms with E-state index in [0.717, 1.165) is 15.6 Å². The van der Waals surface area contributed by atoms with Crippen LogP contribution in [0, 0.1) is 0 Å². The molecular formula is C21H28N2O4S2. The first kappa shape index (κ1) is 23.1. The van der Waals surface area contributed by atoms with E-state index in [2.05, 4.69) is 5.32 Å². The van der Waals surface area contributed by atoms with E-state index in [9.17, 15) is 13.2 Å². The molecule has 8 heteroatoms. The third kappa shape index (κ3) is 6.14. The van der Waals surface area contributed by atoms with Crippen molar-refractivity contribution < 1.29 is 17.9 Å². The van der Waals surface area contributed by atoms with Gasteiger partial charge < -0.3 is 10.1 Å². The van der Waals surface area contributed by atoms with Crippen LogP contribution in [0.2, 0.25) is 0 Å². The van der Waals surface area contributed by atoms with Crippen LogP contribution in [0.15, 0.2) is 58.3 Å². The van der Waals surface area contributed by atoms with Gasteiger partial charge in [0.05, 0.1) is 17.2 Å². The SMILES string of the molecule is CCOc1ccc(N(CC(=O)N[C@@H](C)CC)S(=O)(=O)c2ccc(SC)cc2)cc1. The van der Waals surface area contributed by atoms with E-state index in [1.807, 2.05) is 27.0 Å². The van der Waals surface area contributed by atoms with Gasteiger partial charge in [0.2, 0.25) is 5.91 Å². The normalized spacial score (nSPS) is 12.3. The molecule has 2 rings (SSSR count). The second kappa shape index (κ2) is 10.5. The lowest BCUT2D eigenvalue weighted by Gasteiger charge is -2.25. The topological polar surface area (TPSA) is 75.7 Å². The summed E-state index contributed by atoms with van der Waals surface area (Å²) in [6.45, 7) is 5.93. The molecular weight excluding hydrogens is 408 g/mol. The Labute approximate surface area is 177 Å². The Hall–Kier alpha value is -2.19. The maximum Gasteiger partial charge on any atom is 0.264 e. The van der Waals surface area contributed by atoms with Gasteiger partial charge in [-0.1, -0.05) is 6.92 Å². The molecule has 0 saturated heterocycles. The zero-order valence-corrected chi connectivity index (χ0v) is 18.8. The Morgan fingerprint density at radius 3 is 2.24 bits per heavy atom. The van der Waals surface area contributed by atoms with Crippen molar-refractivity contribution in [2.75, 3.05) is 23.7 Å². The molecule has 158 valence electrons. The number of carbonyl (C=O) groups is 1. The Bertz CT molecular complexity index is 897. The molecule has 2 aromatic carbocycles. The van der Waals surface area contributed by atoms with E-state index in [1.54, 1.807) is 48.5 Å². The number of carbonyl (C=O) groups excluding carboxylic acids is 1. The smallest absolute Gasteiger partial charge is 0.264 e. The van der Waals surface area contributed by atoms with E-state index in [4.69, 9.17) is 4.74 Å². The van der Waals surface area contributed by atoms with E-state index in [0.29, 0.717) is 18.0 Å². The van der Waals surface area contributed by atoms with Crippen molar-refractivity contribution in [2.24, 2.45) is 0 Å². The molecule has 0 aliphatic carbocycles. The summed E-state index contributed by atoms with van der Waals surface area (Å²) < 4.78 is 33.3. The summed E-state index contributed by atoms with van der Waals surface area (Å²) in [6, 6.07) is 13.3. The number of sulfonamides is 1. The number of hydrogen-bond donors (Lipinski definition) is 1. The Morgan fingerprint density at radius 1 is 1.10 bits per heavy atom. The van der Waals surface area contributed by atoms with Gasteiger partial charge in [0.1, 0.15) is 12.3 Å². The highest BCUT2D eigenvalue weighted by atomic mass is 32.2. The number of anilines is 1. The van der Waals surface area contributed by atoms with Gasteiger partial charge in [0.25, 0.3) is 10.0 Å². The van der Waals surface area contributed by atoms with Gasteiger partial charge in [-0.2, -0.15) is 0 Å². The van der Waals surface area contributed by atoms with Gasteiger partial charge in [-0.25, -0.2) is 8.42 Å². The fourth-order valence-corrected chi connectivity index (χ4v) is 4.45. The predicted octanol–water partition coefficient (Wildman–Crippen LogP) is 3.92. The monoisotopic (exact) mass is 436 g/mol. The van der Waals surface area contributed by atoms with Crippen LogP contribution in [0.5, 0.6) is 5.75 Å². The Kier molecular flexibility index (Phi) is 8.40. The molecule has 0 aliphatic rings. The molecule has 0 bridgehead atoms. The number of benzene rings is 2. The summed E-state index contributed by atoms with van der Waals surface area (Å²) in [7, 11) is -3.92. The third-order valence-corrected chi connectivity index (χ3v) is 6.92. The van der Waals surface area contributed by atoms with E-state index >= 15 is 0 Å². The summed E-state index contributed by atoms with van der Waals surface area (Å²) in [4.78, 5) is 13.6. The predicted molar refractivity (Wildman–Crippen MR) is 118 cm³/mol. The quantitative estimate of drug-likeness (QED) is 0.572. The second-order valence-corrected chi connectivity index (χ2v) is 9.23. The van der Waals surface area contributed by atoms with Crippen molar-refractivity contribution in [2.45, 2.75) is 43.0 Å². The van der Waals surface area contributed by atoms with Crippen molar-refractivity contribution in [1.82, 2.24) is 5.32 Å².